The maximum atomic E-state index is 11.0. The molecule has 0 saturated heterocycles. The monoisotopic (exact) mass is 237 g/mol. The zero-order valence-corrected chi connectivity index (χ0v) is 9.60. The van der Waals surface area contributed by atoms with Gasteiger partial charge in [-0.2, -0.15) is 0 Å². The van der Waals surface area contributed by atoms with E-state index in [2.05, 4.69) is 15.0 Å². The van der Waals surface area contributed by atoms with E-state index in [1.165, 1.54) is 0 Å². The van der Waals surface area contributed by atoms with Crippen molar-refractivity contribution in [3.05, 3.63) is 29.6 Å². The molecular weight excluding hydrogens is 222 g/mol. The second kappa shape index (κ2) is 6.47. The first-order chi connectivity index (χ1) is 8.11. The second-order valence-electron chi connectivity index (χ2n) is 3.40. The highest BCUT2D eigenvalue weighted by molar-refractivity contribution is 5.75. The van der Waals surface area contributed by atoms with E-state index in [0.29, 0.717) is 18.7 Å². The van der Waals surface area contributed by atoms with Gasteiger partial charge in [-0.15, -0.1) is 0 Å². The van der Waals surface area contributed by atoms with Crippen LogP contribution in [0, 0.1) is 0 Å². The molecule has 2 amide bonds. The van der Waals surface area contributed by atoms with Gasteiger partial charge in [0.2, 0.25) is 5.91 Å². The summed E-state index contributed by atoms with van der Waals surface area (Å²) in [5, 5.41) is 2.73. The number of primary amides is 1. The molecule has 0 atom stereocenters. The molecule has 0 bridgehead atoms. The Labute approximate surface area is 99.2 Å². The highest BCUT2D eigenvalue weighted by atomic mass is 16.5. The summed E-state index contributed by atoms with van der Waals surface area (Å²) in [4.78, 5) is 25.5. The van der Waals surface area contributed by atoms with Crippen LogP contribution < -0.4 is 11.1 Å². The van der Waals surface area contributed by atoms with Crippen molar-refractivity contribution in [1.29, 1.82) is 0 Å². The number of rotatable bonds is 5. The van der Waals surface area contributed by atoms with Crippen molar-refractivity contribution >= 4 is 12.0 Å². The predicted molar refractivity (Wildman–Crippen MR) is 60.7 cm³/mol. The van der Waals surface area contributed by atoms with Crippen LogP contribution in [0.25, 0.3) is 0 Å². The first-order valence-corrected chi connectivity index (χ1v) is 5.24. The van der Waals surface area contributed by atoms with Crippen LogP contribution in [0.3, 0.4) is 0 Å². The van der Waals surface area contributed by atoms with E-state index in [4.69, 9.17) is 5.73 Å². The molecule has 0 aliphatic carbocycles. The Hall–Kier alpha value is -2.11. The maximum Gasteiger partial charge on any atom is 0.404 e. The Kier molecular flexibility index (Phi) is 4.93. The Bertz CT molecular complexity index is 389. The molecule has 1 rings (SSSR count). The van der Waals surface area contributed by atoms with E-state index in [9.17, 15) is 9.59 Å². The van der Waals surface area contributed by atoms with E-state index >= 15 is 0 Å². The minimum absolute atomic E-state index is 0.00821. The molecule has 1 aromatic heterocycles. The van der Waals surface area contributed by atoms with Crippen molar-refractivity contribution < 1.29 is 14.3 Å². The highest BCUT2D eigenvalue weighted by Gasteiger charge is 2.00. The molecule has 92 valence electrons. The number of pyridine rings is 1. The van der Waals surface area contributed by atoms with Crippen molar-refractivity contribution in [2.75, 3.05) is 0 Å². The molecular formula is C11H15N3O3. The van der Waals surface area contributed by atoms with E-state index in [0.717, 1.165) is 5.56 Å². The molecule has 6 nitrogen and oxygen atoms in total. The molecule has 17 heavy (non-hydrogen) atoms. The third kappa shape index (κ3) is 4.96. The first kappa shape index (κ1) is 13.0. The Balaban J connectivity index is 2.44. The fraction of sp³-hybridized carbons (Fsp3) is 0.364. The van der Waals surface area contributed by atoms with Gasteiger partial charge in [-0.1, -0.05) is 13.0 Å². The first-order valence-electron chi connectivity index (χ1n) is 5.24. The van der Waals surface area contributed by atoms with Gasteiger partial charge in [0.1, 0.15) is 6.61 Å². The number of carbonyl (C=O) groups excluding carboxylic acids is 2. The molecule has 0 unspecified atom stereocenters. The van der Waals surface area contributed by atoms with Crippen LogP contribution in [-0.2, 0) is 22.7 Å². The molecule has 1 heterocycles. The number of aromatic nitrogens is 1. The van der Waals surface area contributed by atoms with Crippen LogP contribution in [0.15, 0.2) is 18.3 Å². The number of nitrogens with zero attached hydrogens (tertiary/aromatic N) is 1. The van der Waals surface area contributed by atoms with Crippen molar-refractivity contribution in [3.63, 3.8) is 0 Å². The number of nitrogens with two attached hydrogens (primary N) is 1. The summed E-state index contributed by atoms with van der Waals surface area (Å²) in [5.41, 5.74) is 6.32. The molecule has 0 spiro atoms. The van der Waals surface area contributed by atoms with Crippen molar-refractivity contribution in [3.8, 4) is 0 Å². The zero-order valence-electron chi connectivity index (χ0n) is 9.60. The average molecular weight is 237 g/mol. The van der Waals surface area contributed by atoms with E-state index < -0.39 is 6.09 Å². The summed E-state index contributed by atoms with van der Waals surface area (Å²) in [6.07, 6.45) is 1.25. The lowest BCUT2D eigenvalue weighted by atomic mass is 10.2. The summed E-state index contributed by atoms with van der Waals surface area (Å²) in [6, 6.07) is 3.53. The van der Waals surface area contributed by atoms with Gasteiger partial charge in [0, 0.05) is 19.2 Å². The summed E-state index contributed by atoms with van der Waals surface area (Å²) in [6.45, 7) is 2.28. The normalized spacial score (nSPS) is 9.71. The third-order valence-corrected chi connectivity index (χ3v) is 2.06. The SMILES string of the molecule is CCC(=O)NCc1ccc(COC(N)=O)nc1. The fourth-order valence-electron chi connectivity index (χ4n) is 1.12. The molecule has 0 aliphatic rings. The molecule has 0 aromatic carbocycles. The number of carbonyl (C=O) groups is 2. The summed E-state index contributed by atoms with van der Waals surface area (Å²) in [5.74, 6) is -0.00821. The lowest BCUT2D eigenvalue weighted by Crippen LogP contribution is -2.21. The maximum absolute atomic E-state index is 11.0. The molecule has 0 fully saturated rings. The van der Waals surface area contributed by atoms with Crippen LogP contribution >= 0.6 is 0 Å². The highest BCUT2D eigenvalue weighted by Crippen LogP contribution is 2.01. The minimum atomic E-state index is -0.828. The lowest BCUT2D eigenvalue weighted by molar-refractivity contribution is -0.120. The van der Waals surface area contributed by atoms with E-state index in [-0.39, 0.29) is 12.5 Å². The van der Waals surface area contributed by atoms with Crippen LogP contribution in [-0.4, -0.2) is 17.0 Å². The Morgan fingerprint density at radius 1 is 1.47 bits per heavy atom. The van der Waals surface area contributed by atoms with Crippen LogP contribution in [0.4, 0.5) is 4.79 Å². The molecule has 3 N–H and O–H groups in total. The van der Waals surface area contributed by atoms with E-state index in [1.54, 1.807) is 19.2 Å². The third-order valence-electron chi connectivity index (χ3n) is 2.06. The van der Waals surface area contributed by atoms with Crippen LogP contribution in [0.1, 0.15) is 24.6 Å². The van der Waals surface area contributed by atoms with Crippen LogP contribution in [0.5, 0.6) is 0 Å². The predicted octanol–water partition coefficient (Wildman–Crippen LogP) is 0.703. The standard InChI is InChI=1S/C11H15N3O3/c1-2-10(15)14-6-8-3-4-9(13-5-8)7-17-11(12)16/h3-5H,2,6-7H2,1H3,(H2,12,16)(H,14,15). The quantitative estimate of drug-likeness (QED) is 0.788. The second-order valence-corrected chi connectivity index (χ2v) is 3.40. The van der Waals surface area contributed by atoms with Gasteiger partial charge in [0.05, 0.1) is 5.69 Å². The van der Waals surface area contributed by atoms with Gasteiger partial charge in [-0.05, 0) is 11.6 Å². The molecule has 1 aromatic rings. The zero-order chi connectivity index (χ0) is 12.7. The molecule has 0 saturated carbocycles. The Morgan fingerprint density at radius 2 is 2.24 bits per heavy atom. The van der Waals surface area contributed by atoms with Crippen molar-refractivity contribution in [1.82, 2.24) is 10.3 Å². The van der Waals surface area contributed by atoms with Gasteiger partial charge in [0.15, 0.2) is 0 Å². The molecule has 6 heteroatoms. The number of hydrogen-bond donors (Lipinski definition) is 2. The largest absolute Gasteiger partial charge is 0.443 e. The Morgan fingerprint density at radius 3 is 2.76 bits per heavy atom. The topological polar surface area (TPSA) is 94.3 Å². The molecule has 0 aliphatic heterocycles. The van der Waals surface area contributed by atoms with Gasteiger partial charge >= 0.3 is 6.09 Å². The summed E-state index contributed by atoms with van der Waals surface area (Å²) < 4.78 is 4.59. The minimum Gasteiger partial charge on any atom is -0.443 e. The summed E-state index contributed by atoms with van der Waals surface area (Å²) in [7, 11) is 0. The van der Waals surface area contributed by atoms with Crippen molar-refractivity contribution in [2.45, 2.75) is 26.5 Å². The average Bonchev–Trinajstić information content (AvgIpc) is 2.34. The van der Waals surface area contributed by atoms with Crippen molar-refractivity contribution in [2.24, 2.45) is 5.73 Å². The van der Waals surface area contributed by atoms with E-state index in [1.807, 2.05) is 6.07 Å². The summed E-state index contributed by atoms with van der Waals surface area (Å²) >= 11 is 0. The number of ether oxygens (including phenoxy) is 1. The van der Waals surface area contributed by atoms with Crippen LogP contribution in [0.2, 0.25) is 0 Å². The number of amides is 2. The number of nitrogens with one attached hydrogen (secondary N) is 1. The van der Waals surface area contributed by atoms with Gasteiger partial charge in [-0.3, -0.25) is 9.78 Å². The van der Waals surface area contributed by atoms with Gasteiger partial charge < -0.3 is 15.8 Å². The lowest BCUT2D eigenvalue weighted by Gasteiger charge is -2.05. The van der Waals surface area contributed by atoms with Gasteiger partial charge in [0.25, 0.3) is 0 Å². The molecule has 0 radical (unpaired) electrons. The fourth-order valence-corrected chi connectivity index (χ4v) is 1.12. The number of hydrogen-bond acceptors (Lipinski definition) is 4. The van der Waals surface area contributed by atoms with Gasteiger partial charge in [-0.25, -0.2) is 4.79 Å². The smallest absolute Gasteiger partial charge is 0.404 e.